The SMILES string of the molecule is O=C(c1ccc(S(=O)(=O)N2CCOCC2)cc1)N1CC(Oc2ccc(Cl)cn2)C1. The molecule has 0 spiro atoms. The van der Waals surface area contributed by atoms with Gasteiger partial charge in [-0.2, -0.15) is 4.31 Å². The number of aromatic nitrogens is 1. The van der Waals surface area contributed by atoms with Crippen molar-refractivity contribution >= 4 is 27.5 Å². The quantitative estimate of drug-likeness (QED) is 0.706. The minimum atomic E-state index is -3.57. The van der Waals surface area contributed by atoms with Gasteiger partial charge in [-0.05, 0) is 30.3 Å². The third-order valence-corrected chi connectivity index (χ3v) is 6.97. The molecule has 1 aromatic carbocycles. The van der Waals surface area contributed by atoms with Crippen LogP contribution in [0.15, 0.2) is 47.5 Å². The molecule has 0 atom stereocenters. The number of amides is 1. The smallest absolute Gasteiger partial charge is 0.254 e. The van der Waals surface area contributed by atoms with Crippen LogP contribution in [0.3, 0.4) is 0 Å². The number of halogens is 1. The lowest BCUT2D eigenvalue weighted by molar-refractivity contribution is 0.0160. The number of ether oxygens (including phenoxy) is 2. The average molecular weight is 438 g/mol. The van der Waals surface area contributed by atoms with Crippen molar-refractivity contribution in [2.45, 2.75) is 11.0 Å². The van der Waals surface area contributed by atoms with Crippen molar-refractivity contribution < 1.29 is 22.7 Å². The lowest BCUT2D eigenvalue weighted by Crippen LogP contribution is -2.56. The highest BCUT2D eigenvalue weighted by molar-refractivity contribution is 7.89. The Labute approximate surface area is 174 Å². The minimum Gasteiger partial charge on any atom is -0.471 e. The van der Waals surface area contributed by atoms with Crippen LogP contribution in [0.25, 0.3) is 0 Å². The van der Waals surface area contributed by atoms with Crippen molar-refractivity contribution in [2.75, 3.05) is 39.4 Å². The van der Waals surface area contributed by atoms with Crippen molar-refractivity contribution in [1.82, 2.24) is 14.2 Å². The number of hydrogen-bond donors (Lipinski definition) is 0. The van der Waals surface area contributed by atoms with Crippen molar-refractivity contribution in [3.8, 4) is 5.88 Å². The van der Waals surface area contributed by atoms with E-state index in [4.69, 9.17) is 21.1 Å². The molecule has 1 amide bonds. The zero-order chi connectivity index (χ0) is 20.4. The Hall–Kier alpha value is -2.20. The van der Waals surface area contributed by atoms with E-state index in [0.29, 0.717) is 55.9 Å². The summed E-state index contributed by atoms with van der Waals surface area (Å²) in [5, 5.41) is 0.529. The number of rotatable bonds is 5. The van der Waals surface area contributed by atoms with E-state index in [1.54, 1.807) is 29.2 Å². The number of pyridine rings is 1. The molecule has 1 aromatic heterocycles. The van der Waals surface area contributed by atoms with Gasteiger partial charge >= 0.3 is 0 Å². The topological polar surface area (TPSA) is 89.0 Å². The molecule has 0 bridgehead atoms. The van der Waals surface area contributed by atoms with E-state index in [-0.39, 0.29) is 16.9 Å². The largest absolute Gasteiger partial charge is 0.471 e. The Morgan fingerprint density at radius 3 is 2.41 bits per heavy atom. The molecule has 2 fully saturated rings. The van der Waals surface area contributed by atoms with Crippen LogP contribution in [0, 0.1) is 0 Å². The lowest BCUT2D eigenvalue weighted by atomic mass is 10.1. The molecule has 4 rings (SSSR count). The van der Waals surface area contributed by atoms with Crippen LogP contribution in [0.5, 0.6) is 5.88 Å². The Morgan fingerprint density at radius 1 is 1.10 bits per heavy atom. The van der Waals surface area contributed by atoms with Gasteiger partial charge in [0.15, 0.2) is 0 Å². The summed E-state index contributed by atoms with van der Waals surface area (Å²) in [5.74, 6) is 0.299. The maximum absolute atomic E-state index is 12.7. The summed E-state index contributed by atoms with van der Waals surface area (Å²) in [6.45, 7) is 2.33. The van der Waals surface area contributed by atoms with Gasteiger partial charge in [-0.15, -0.1) is 0 Å². The third-order valence-electron chi connectivity index (χ3n) is 4.83. The van der Waals surface area contributed by atoms with E-state index < -0.39 is 10.0 Å². The fourth-order valence-corrected chi connectivity index (χ4v) is 4.69. The molecular formula is C19H20ClN3O5S. The standard InChI is InChI=1S/C19H20ClN3O5S/c20-15-3-6-18(21-11-15)28-16-12-22(13-16)19(24)14-1-4-17(5-2-14)29(25,26)23-7-9-27-10-8-23/h1-6,11,16H,7-10,12-13H2. The normalized spacial score (nSPS) is 18.3. The minimum absolute atomic E-state index is 0.131. The Bertz CT molecular complexity index is 970. The lowest BCUT2D eigenvalue weighted by Gasteiger charge is -2.38. The van der Waals surface area contributed by atoms with Crippen molar-refractivity contribution in [3.63, 3.8) is 0 Å². The molecule has 0 radical (unpaired) electrons. The zero-order valence-corrected chi connectivity index (χ0v) is 17.1. The predicted octanol–water partition coefficient (Wildman–Crippen LogP) is 1.66. The summed E-state index contributed by atoms with van der Waals surface area (Å²) in [6, 6.07) is 9.42. The molecule has 3 heterocycles. The van der Waals surface area contributed by atoms with Crippen LogP contribution >= 0.6 is 11.6 Å². The number of sulfonamides is 1. The third kappa shape index (κ3) is 4.37. The Morgan fingerprint density at radius 2 is 1.79 bits per heavy atom. The highest BCUT2D eigenvalue weighted by atomic mass is 35.5. The van der Waals surface area contributed by atoms with Crippen molar-refractivity contribution in [1.29, 1.82) is 0 Å². The maximum Gasteiger partial charge on any atom is 0.254 e. The van der Waals surface area contributed by atoms with Gasteiger partial charge in [0.25, 0.3) is 5.91 Å². The molecule has 154 valence electrons. The second-order valence-electron chi connectivity index (χ2n) is 6.81. The Balaban J connectivity index is 1.35. The van der Waals surface area contributed by atoms with Crippen LogP contribution in [0.1, 0.15) is 10.4 Å². The second-order valence-corrected chi connectivity index (χ2v) is 9.18. The van der Waals surface area contributed by atoms with E-state index in [2.05, 4.69) is 4.98 Å². The van der Waals surface area contributed by atoms with Crippen molar-refractivity contribution in [2.24, 2.45) is 0 Å². The number of benzene rings is 1. The number of carbonyl (C=O) groups is 1. The second kappa shape index (κ2) is 8.27. The first-order valence-electron chi connectivity index (χ1n) is 9.19. The van der Waals surface area contributed by atoms with Gasteiger partial charge in [-0.1, -0.05) is 11.6 Å². The molecule has 0 unspecified atom stereocenters. The summed E-state index contributed by atoms with van der Waals surface area (Å²) in [4.78, 5) is 18.5. The van der Waals surface area contributed by atoms with E-state index in [0.717, 1.165) is 0 Å². The Kier molecular flexibility index (Phi) is 5.73. The van der Waals surface area contributed by atoms with Crippen LogP contribution in [-0.4, -0.2) is 74.0 Å². The monoisotopic (exact) mass is 437 g/mol. The number of carbonyl (C=O) groups excluding carboxylic acids is 1. The first-order chi connectivity index (χ1) is 13.9. The maximum atomic E-state index is 12.7. The highest BCUT2D eigenvalue weighted by Crippen LogP contribution is 2.22. The van der Waals surface area contributed by atoms with Gasteiger partial charge in [0.05, 0.1) is 36.2 Å². The van der Waals surface area contributed by atoms with E-state index >= 15 is 0 Å². The van der Waals surface area contributed by atoms with Gasteiger partial charge in [0.1, 0.15) is 6.10 Å². The van der Waals surface area contributed by atoms with Gasteiger partial charge in [0, 0.05) is 30.9 Å². The zero-order valence-electron chi connectivity index (χ0n) is 15.5. The number of nitrogens with zero attached hydrogens (tertiary/aromatic N) is 3. The van der Waals surface area contributed by atoms with E-state index in [1.807, 2.05) is 0 Å². The molecule has 2 aliphatic heterocycles. The number of likely N-dealkylation sites (tertiary alicyclic amines) is 1. The molecule has 2 aromatic rings. The molecule has 8 nitrogen and oxygen atoms in total. The number of morpholine rings is 1. The molecule has 10 heteroatoms. The van der Waals surface area contributed by atoms with Gasteiger partial charge in [-0.25, -0.2) is 13.4 Å². The predicted molar refractivity (Wildman–Crippen MR) is 106 cm³/mol. The fourth-order valence-electron chi connectivity index (χ4n) is 3.17. The van der Waals surface area contributed by atoms with Gasteiger partial charge < -0.3 is 14.4 Å². The average Bonchev–Trinajstić information content (AvgIpc) is 2.72. The summed E-state index contributed by atoms with van der Waals surface area (Å²) in [7, 11) is -3.57. The van der Waals surface area contributed by atoms with Gasteiger partial charge in [-0.3, -0.25) is 4.79 Å². The number of hydrogen-bond acceptors (Lipinski definition) is 6. The van der Waals surface area contributed by atoms with E-state index in [1.165, 1.54) is 22.6 Å². The first-order valence-corrected chi connectivity index (χ1v) is 11.0. The van der Waals surface area contributed by atoms with Crippen LogP contribution in [-0.2, 0) is 14.8 Å². The molecule has 29 heavy (non-hydrogen) atoms. The van der Waals surface area contributed by atoms with E-state index in [9.17, 15) is 13.2 Å². The molecular weight excluding hydrogens is 418 g/mol. The van der Waals surface area contributed by atoms with Crippen LogP contribution in [0.4, 0.5) is 0 Å². The first kappa shape index (κ1) is 20.1. The molecule has 2 saturated heterocycles. The van der Waals surface area contributed by atoms with Crippen molar-refractivity contribution in [3.05, 3.63) is 53.2 Å². The summed E-state index contributed by atoms with van der Waals surface area (Å²) in [5.41, 5.74) is 0.439. The fraction of sp³-hybridized carbons (Fsp3) is 0.368. The molecule has 0 saturated carbocycles. The van der Waals surface area contributed by atoms with Crippen LogP contribution in [0.2, 0.25) is 5.02 Å². The highest BCUT2D eigenvalue weighted by Gasteiger charge is 2.33. The van der Waals surface area contributed by atoms with Gasteiger partial charge in [0.2, 0.25) is 15.9 Å². The summed E-state index contributed by atoms with van der Waals surface area (Å²) < 4.78 is 37.6. The van der Waals surface area contributed by atoms with Crippen LogP contribution < -0.4 is 4.74 Å². The molecule has 0 N–H and O–H groups in total. The molecule has 0 aliphatic carbocycles. The summed E-state index contributed by atoms with van der Waals surface area (Å²) in [6.07, 6.45) is 1.37. The molecule has 2 aliphatic rings. The summed E-state index contributed by atoms with van der Waals surface area (Å²) >= 11 is 5.80.